The van der Waals surface area contributed by atoms with E-state index in [4.69, 9.17) is 4.74 Å². The summed E-state index contributed by atoms with van der Waals surface area (Å²) in [6.07, 6.45) is 3.60. The van der Waals surface area contributed by atoms with Crippen LogP contribution in [-0.4, -0.2) is 7.11 Å². The average molecular weight is 140 g/mol. The van der Waals surface area contributed by atoms with E-state index in [0.717, 1.165) is 0 Å². The van der Waals surface area contributed by atoms with E-state index >= 15 is 0 Å². The van der Waals surface area contributed by atoms with Crippen LogP contribution in [-0.2, 0) is 4.74 Å². The van der Waals surface area contributed by atoms with E-state index in [9.17, 15) is 0 Å². The molecule has 1 aromatic rings. The first-order chi connectivity index (χ1) is 4.43. The van der Waals surface area contributed by atoms with Crippen molar-refractivity contribution in [1.29, 1.82) is 0 Å². The molecule has 2 heteroatoms. The van der Waals surface area contributed by atoms with Crippen molar-refractivity contribution in [3.8, 4) is 0 Å². The van der Waals surface area contributed by atoms with Gasteiger partial charge in [0.1, 0.15) is 0 Å². The summed E-state index contributed by atoms with van der Waals surface area (Å²) < 4.78 is 4.74. The zero-order valence-electron chi connectivity index (χ0n) is 5.20. The maximum Gasteiger partial charge on any atom is 0.0830 e. The summed E-state index contributed by atoms with van der Waals surface area (Å²) in [5, 5.41) is 4.10. The molecule has 1 heterocycles. The highest BCUT2D eigenvalue weighted by atomic mass is 32.1. The molecule has 9 heavy (non-hydrogen) atoms. The van der Waals surface area contributed by atoms with Gasteiger partial charge in [-0.15, -0.1) is 0 Å². The smallest absolute Gasteiger partial charge is 0.0830 e. The summed E-state index contributed by atoms with van der Waals surface area (Å²) in [5.41, 5.74) is 1.20. The molecule has 0 aliphatic heterocycles. The van der Waals surface area contributed by atoms with Gasteiger partial charge in [-0.3, -0.25) is 0 Å². The van der Waals surface area contributed by atoms with Gasteiger partial charge in [0.15, 0.2) is 0 Å². The van der Waals surface area contributed by atoms with Gasteiger partial charge in [-0.1, -0.05) is 0 Å². The van der Waals surface area contributed by atoms with Gasteiger partial charge in [0.2, 0.25) is 0 Å². The molecule has 0 aliphatic rings. The first kappa shape index (κ1) is 6.36. The van der Waals surface area contributed by atoms with Crippen LogP contribution >= 0.6 is 11.3 Å². The fourth-order valence-electron chi connectivity index (χ4n) is 0.516. The molecule has 1 nitrogen and oxygen atoms in total. The highest BCUT2D eigenvalue weighted by Crippen LogP contribution is 2.06. The minimum Gasteiger partial charge on any atom is -0.504 e. The summed E-state index contributed by atoms with van der Waals surface area (Å²) >= 11 is 1.68. The van der Waals surface area contributed by atoms with Crippen molar-refractivity contribution in [3.05, 3.63) is 28.7 Å². The van der Waals surface area contributed by atoms with E-state index in [2.05, 4.69) is 5.38 Å². The number of methoxy groups -OCH3 is 1. The lowest BCUT2D eigenvalue weighted by molar-refractivity contribution is 0.341. The van der Waals surface area contributed by atoms with Crippen LogP contribution in [0.5, 0.6) is 0 Å². The average Bonchev–Trinajstić information content (AvgIpc) is 2.34. The molecule has 0 radical (unpaired) electrons. The fourth-order valence-corrected chi connectivity index (χ4v) is 1.14. The number of thiophene rings is 1. The third-order valence-corrected chi connectivity index (χ3v) is 1.64. The molecule has 0 amide bonds. The highest BCUT2D eigenvalue weighted by molar-refractivity contribution is 7.08. The Labute approximate surface area is 58.6 Å². The van der Waals surface area contributed by atoms with E-state index in [-0.39, 0.29) is 0 Å². The second-order valence-corrected chi connectivity index (χ2v) is 2.38. The van der Waals surface area contributed by atoms with Gasteiger partial charge < -0.3 is 4.74 Å². The summed E-state index contributed by atoms with van der Waals surface area (Å²) in [6, 6.07) is 2.04. The van der Waals surface area contributed by atoms with Crippen molar-refractivity contribution in [3.63, 3.8) is 0 Å². The van der Waals surface area contributed by atoms with E-state index in [1.54, 1.807) is 24.7 Å². The molecule has 1 aromatic heterocycles. The van der Waals surface area contributed by atoms with Crippen molar-refractivity contribution < 1.29 is 4.74 Å². The monoisotopic (exact) mass is 140 g/mol. The van der Waals surface area contributed by atoms with Crippen LogP contribution in [0.4, 0.5) is 0 Å². The Bertz CT molecular complexity index is 177. The van der Waals surface area contributed by atoms with Gasteiger partial charge >= 0.3 is 0 Å². The van der Waals surface area contributed by atoms with Gasteiger partial charge in [-0.05, 0) is 28.5 Å². The predicted molar refractivity (Wildman–Crippen MR) is 40.4 cm³/mol. The Morgan fingerprint density at radius 3 is 3.11 bits per heavy atom. The molecule has 0 atom stereocenters. The summed E-state index contributed by atoms with van der Waals surface area (Å²) in [4.78, 5) is 0. The summed E-state index contributed by atoms with van der Waals surface area (Å²) in [7, 11) is 1.64. The molecule has 0 saturated heterocycles. The van der Waals surface area contributed by atoms with Crippen LogP contribution in [0.2, 0.25) is 0 Å². The number of hydrogen-bond acceptors (Lipinski definition) is 2. The molecule has 0 fully saturated rings. The highest BCUT2D eigenvalue weighted by Gasteiger charge is 1.81. The standard InChI is InChI=1S/C7H8OS/c1-8-4-2-7-3-5-9-6-7/h2-6H,1H3/b4-2+. The lowest BCUT2D eigenvalue weighted by atomic mass is 10.3. The topological polar surface area (TPSA) is 9.23 Å². The number of rotatable bonds is 2. The van der Waals surface area contributed by atoms with E-state index < -0.39 is 0 Å². The fraction of sp³-hybridized carbons (Fsp3) is 0.143. The molecule has 0 aromatic carbocycles. The first-order valence-corrected chi connectivity index (χ1v) is 3.59. The molecule has 0 N–H and O–H groups in total. The molecule has 1 rings (SSSR count). The van der Waals surface area contributed by atoms with E-state index in [0.29, 0.717) is 0 Å². The zero-order chi connectivity index (χ0) is 6.53. The molecule has 0 saturated carbocycles. The lowest BCUT2D eigenvalue weighted by Crippen LogP contribution is -1.63. The molecule has 0 bridgehead atoms. The van der Waals surface area contributed by atoms with Crippen LogP contribution in [0.15, 0.2) is 23.1 Å². The third-order valence-electron chi connectivity index (χ3n) is 0.940. The van der Waals surface area contributed by atoms with Crippen LogP contribution < -0.4 is 0 Å². The Balaban J connectivity index is 2.57. The molecular weight excluding hydrogens is 132 g/mol. The SMILES string of the molecule is CO/C=C/c1ccsc1. The predicted octanol–water partition coefficient (Wildman–Crippen LogP) is 2.37. The quantitative estimate of drug-likeness (QED) is 0.573. The van der Waals surface area contributed by atoms with Crippen LogP contribution in [0.3, 0.4) is 0 Å². The lowest BCUT2D eigenvalue weighted by Gasteiger charge is -1.83. The summed E-state index contributed by atoms with van der Waals surface area (Å²) in [6.45, 7) is 0. The zero-order valence-corrected chi connectivity index (χ0v) is 6.02. The largest absolute Gasteiger partial charge is 0.504 e. The first-order valence-electron chi connectivity index (χ1n) is 2.65. The van der Waals surface area contributed by atoms with Crippen molar-refractivity contribution in [2.75, 3.05) is 7.11 Å². The van der Waals surface area contributed by atoms with Gasteiger partial charge in [0.05, 0.1) is 13.4 Å². The second kappa shape index (κ2) is 3.30. The van der Waals surface area contributed by atoms with Crippen LogP contribution in [0.1, 0.15) is 5.56 Å². The van der Waals surface area contributed by atoms with Crippen LogP contribution in [0.25, 0.3) is 6.08 Å². The van der Waals surface area contributed by atoms with Crippen molar-refractivity contribution in [2.24, 2.45) is 0 Å². The molecule has 0 aliphatic carbocycles. The normalized spacial score (nSPS) is 10.3. The molecule has 0 spiro atoms. The van der Waals surface area contributed by atoms with Gasteiger partial charge in [-0.2, -0.15) is 11.3 Å². The number of ether oxygens (including phenoxy) is 1. The Kier molecular flexibility index (Phi) is 2.33. The van der Waals surface area contributed by atoms with E-state index in [1.165, 1.54) is 5.56 Å². The Hall–Kier alpha value is -0.760. The molecule has 0 unspecified atom stereocenters. The van der Waals surface area contributed by atoms with Crippen molar-refractivity contribution in [1.82, 2.24) is 0 Å². The minimum atomic E-state index is 1.20. The number of hydrogen-bond donors (Lipinski definition) is 0. The molecule has 48 valence electrons. The minimum absolute atomic E-state index is 1.20. The van der Waals surface area contributed by atoms with Crippen molar-refractivity contribution in [2.45, 2.75) is 0 Å². The Morgan fingerprint density at radius 2 is 2.56 bits per heavy atom. The van der Waals surface area contributed by atoms with E-state index in [1.807, 2.05) is 17.5 Å². The third kappa shape index (κ3) is 1.90. The van der Waals surface area contributed by atoms with Gasteiger partial charge in [-0.25, -0.2) is 0 Å². The second-order valence-electron chi connectivity index (χ2n) is 1.60. The van der Waals surface area contributed by atoms with Crippen LogP contribution in [0, 0.1) is 0 Å². The van der Waals surface area contributed by atoms with Crippen molar-refractivity contribution >= 4 is 17.4 Å². The van der Waals surface area contributed by atoms with Gasteiger partial charge in [0, 0.05) is 0 Å². The Morgan fingerprint density at radius 1 is 1.67 bits per heavy atom. The summed E-state index contributed by atoms with van der Waals surface area (Å²) in [5.74, 6) is 0. The van der Waals surface area contributed by atoms with Gasteiger partial charge in [0.25, 0.3) is 0 Å². The maximum absolute atomic E-state index is 4.74. The maximum atomic E-state index is 4.74. The molecular formula is C7H8OS.